The molecule has 63 heavy (non-hydrogen) atoms. The van der Waals surface area contributed by atoms with Gasteiger partial charge in [-0.15, -0.1) is 0 Å². The molecule has 5 atom stereocenters. The maximum atomic E-state index is 14.5. The summed E-state index contributed by atoms with van der Waals surface area (Å²) in [6.45, 7) is 8.04. The number of morpholine rings is 1. The van der Waals surface area contributed by atoms with Crippen LogP contribution in [0, 0.1) is 34.5 Å². The number of carbonyl (C=O) groups excluding carboxylic acids is 3. The number of hydrogen-bond acceptors (Lipinski definition) is 12. The number of nitriles is 2. The lowest BCUT2D eigenvalue weighted by Crippen LogP contribution is -2.62. The molecule has 6 N–H and O–H groups in total. The van der Waals surface area contributed by atoms with Crippen LogP contribution in [0.25, 0.3) is 0 Å². The van der Waals surface area contributed by atoms with E-state index in [1.54, 1.807) is 18.7 Å². The van der Waals surface area contributed by atoms with Crippen molar-refractivity contribution in [3.05, 3.63) is 0 Å². The smallest absolute Gasteiger partial charge is 0.413 e. The molecule has 3 aliphatic heterocycles. The summed E-state index contributed by atoms with van der Waals surface area (Å²) in [5, 5.41) is 45.2. The molecule has 0 aromatic carbocycles. The van der Waals surface area contributed by atoms with Gasteiger partial charge in [-0.1, -0.05) is 64.2 Å². The fourth-order valence-electron chi connectivity index (χ4n) is 9.71. The van der Waals surface area contributed by atoms with Crippen molar-refractivity contribution in [2.24, 2.45) is 21.8 Å². The molecule has 3 heterocycles. The monoisotopic (exact) mass is 881 g/mol. The average molecular weight is 881 g/mol. The van der Waals surface area contributed by atoms with E-state index in [0.29, 0.717) is 64.7 Å². The topological polar surface area (TPSA) is 249 Å². The highest BCUT2D eigenvalue weighted by Crippen LogP contribution is 2.31. The number of nitrogens with zero attached hydrogens (tertiary/aromatic N) is 7. The fraction of sp³-hybridized carbons (Fsp3) is 0.818. The van der Waals surface area contributed by atoms with Crippen molar-refractivity contribution >= 4 is 35.9 Å². The van der Waals surface area contributed by atoms with Gasteiger partial charge in [0.25, 0.3) is 0 Å². The van der Waals surface area contributed by atoms with E-state index in [2.05, 4.69) is 48.5 Å². The number of ether oxygens (including phenoxy) is 2. The van der Waals surface area contributed by atoms with Crippen molar-refractivity contribution < 1.29 is 33.8 Å². The number of carboxylic acid groups (broad SMARTS) is 1. The minimum Gasteiger partial charge on any atom is -0.465 e. The van der Waals surface area contributed by atoms with Crippen molar-refractivity contribution in [2.45, 2.75) is 165 Å². The molecule has 5 rings (SSSR count). The van der Waals surface area contributed by atoms with Crippen LogP contribution in [-0.4, -0.2) is 151 Å². The summed E-state index contributed by atoms with van der Waals surface area (Å²) in [6, 6.07) is 2.79. The number of carbonyl (C=O) groups is 4. The second-order valence-electron chi connectivity index (χ2n) is 18.6. The Hall–Kier alpha value is -4.72. The number of hydrogen-bond donors (Lipinski definition) is 6. The maximum absolute atomic E-state index is 14.5. The molecule has 2 aliphatic carbocycles. The molecule has 0 radical (unpaired) electrons. The maximum Gasteiger partial charge on any atom is 0.413 e. The van der Waals surface area contributed by atoms with E-state index >= 15 is 0 Å². The van der Waals surface area contributed by atoms with E-state index in [0.717, 1.165) is 64.2 Å². The molecular formula is C44H72N12O7. The van der Waals surface area contributed by atoms with Crippen molar-refractivity contribution in [2.75, 3.05) is 53.4 Å². The van der Waals surface area contributed by atoms with Crippen LogP contribution in [0.3, 0.4) is 0 Å². The van der Waals surface area contributed by atoms with Gasteiger partial charge in [0.05, 0.1) is 31.0 Å². The Kier molecular flexibility index (Phi) is 18.2. The van der Waals surface area contributed by atoms with Gasteiger partial charge in [-0.25, -0.2) is 19.6 Å². The first-order valence-electron chi connectivity index (χ1n) is 23.3. The van der Waals surface area contributed by atoms with Gasteiger partial charge in [0.2, 0.25) is 23.7 Å². The Morgan fingerprint density at radius 1 is 0.810 bits per heavy atom. The number of amides is 4. The van der Waals surface area contributed by atoms with Crippen LogP contribution in [-0.2, 0) is 19.1 Å². The third kappa shape index (κ3) is 14.4. The van der Waals surface area contributed by atoms with Crippen LogP contribution in [0.4, 0.5) is 9.59 Å². The van der Waals surface area contributed by atoms with Crippen LogP contribution in [0.5, 0.6) is 0 Å². The van der Waals surface area contributed by atoms with Gasteiger partial charge in [-0.3, -0.25) is 20.2 Å². The lowest BCUT2D eigenvalue weighted by atomic mass is 9.84. The standard InChI is InChI=1S/C44H72N12O7/c1-6-62-42(61)51-40(48-35(26-33-15-11-8-12-16-33)38(58)53-44(29-46)19-23-55(5)24-20-44)56-27-30(2)63-31(3)36(56)49-39(50-41(59)60)47-34(25-32-13-9-7-10-14-32)37(57)52-43(28-45)17-21-54(4)22-18-43/h30-36H,6-27H2,1-5H3,(H,52,57)(H,53,58)(H,59,60)(H2,47,49,50)(H,48,51,61)/t30-,31+,34-,35-,36?/m0/s1. The van der Waals surface area contributed by atoms with Crippen LogP contribution in [0.2, 0.25) is 0 Å². The van der Waals surface area contributed by atoms with Gasteiger partial charge in [0, 0.05) is 32.7 Å². The van der Waals surface area contributed by atoms with Gasteiger partial charge in [-0.05, 0) is 85.2 Å². The third-order valence-electron chi connectivity index (χ3n) is 13.5. The molecule has 19 heteroatoms. The van der Waals surface area contributed by atoms with Gasteiger partial charge < -0.3 is 45.2 Å². The van der Waals surface area contributed by atoms with Crippen LogP contribution in [0.1, 0.15) is 124 Å². The van der Waals surface area contributed by atoms with Gasteiger partial charge in [0.15, 0.2) is 6.17 Å². The zero-order valence-electron chi connectivity index (χ0n) is 38.1. The highest BCUT2D eigenvalue weighted by molar-refractivity contribution is 5.98. The van der Waals surface area contributed by atoms with E-state index in [1.807, 2.05) is 21.0 Å². The molecular weight excluding hydrogens is 809 g/mol. The first-order chi connectivity index (χ1) is 30.2. The fourth-order valence-corrected chi connectivity index (χ4v) is 9.71. The number of piperidine rings is 2. The van der Waals surface area contributed by atoms with Crippen LogP contribution >= 0.6 is 0 Å². The molecule has 2 saturated carbocycles. The quantitative estimate of drug-likeness (QED) is 0.121. The number of likely N-dealkylation sites (tertiary alicyclic amines) is 2. The number of nitrogens with one attached hydrogen (secondary N) is 5. The van der Waals surface area contributed by atoms with Crippen LogP contribution < -0.4 is 26.6 Å². The normalized spacial score (nSPS) is 26.2. The van der Waals surface area contributed by atoms with Crippen molar-refractivity contribution in [1.29, 1.82) is 10.5 Å². The first-order valence-corrected chi connectivity index (χ1v) is 23.3. The first kappa shape index (κ1) is 49.3. The number of alkyl carbamates (subject to hydrolysis) is 1. The Labute approximate surface area is 373 Å². The average Bonchev–Trinajstić information content (AvgIpc) is 3.26. The summed E-state index contributed by atoms with van der Waals surface area (Å²) >= 11 is 0. The Bertz CT molecular complexity index is 1700. The Morgan fingerprint density at radius 3 is 1.84 bits per heavy atom. The van der Waals surface area contributed by atoms with Gasteiger partial charge in [0.1, 0.15) is 23.2 Å². The summed E-state index contributed by atoms with van der Waals surface area (Å²) in [7, 11) is 3.95. The molecule has 0 spiro atoms. The lowest BCUT2D eigenvalue weighted by molar-refractivity contribution is -0.125. The molecule has 0 bridgehead atoms. The third-order valence-corrected chi connectivity index (χ3v) is 13.5. The molecule has 19 nitrogen and oxygen atoms in total. The van der Waals surface area contributed by atoms with E-state index in [9.17, 15) is 34.8 Å². The zero-order chi connectivity index (χ0) is 45.6. The summed E-state index contributed by atoms with van der Waals surface area (Å²) in [5.74, 6) is -0.709. The molecule has 3 saturated heterocycles. The van der Waals surface area contributed by atoms with Gasteiger partial charge in [-0.2, -0.15) is 10.5 Å². The van der Waals surface area contributed by atoms with Crippen molar-refractivity contribution in [3.8, 4) is 12.1 Å². The van der Waals surface area contributed by atoms with E-state index in [4.69, 9.17) is 19.5 Å². The lowest BCUT2D eigenvalue weighted by Gasteiger charge is -2.42. The Morgan fingerprint density at radius 2 is 1.33 bits per heavy atom. The Balaban J connectivity index is 1.54. The number of guanidine groups is 2. The second kappa shape index (κ2) is 23.3. The molecule has 1 unspecified atom stereocenters. The van der Waals surface area contributed by atoms with Crippen LogP contribution in [0.15, 0.2) is 9.98 Å². The number of rotatable bonds is 12. The van der Waals surface area contributed by atoms with Crippen molar-refractivity contribution in [3.63, 3.8) is 0 Å². The summed E-state index contributed by atoms with van der Waals surface area (Å²) in [5.41, 5.74) is -2.14. The molecule has 350 valence electrons. The molecule has 5 fully saturated rings. The summed E-state index contributed by atoms with van der Waals surface area (Å²) in [6.07, 6.45) is 8.18. The minimum atomic E-state index is -1.42. The molecule has 5 aliphatic rings. The molecule has 0 aromatic rings. The SMILES string of the molecule is CCOC(=O)NC(=N[C@@H](CC1CCCCC1)C(=O)NC1(C#N)CCN(C)CC1)N1C[C@H](C)O[C@H](C)C1N=C(NC(=O)O)N[C@@H](CC1CCCCC1)C(=O)NC1(C#N)CCN(C)CC1. The second-order valence-corrected chi connectivity index (χ2v) is 18.6. The van der Waals surface area contributed by atoms with Crippen molar-refractivity contribution in [1.82, 2.24) is 41.3 Å². The van der Waals surface area contributed by atoms with E-state index < -0.39 is 65.5 Å². The highest BCUT2D eigenvalue weighted by Gasteiger charge is 2.42. The zero-order valence-corrected chi connectivity index (χ0v) is 38.1. The predicted molar refractivity (Wildman–Crippen MR) is 236 cm³/mol. The van der Waals surface area contributed by atoms with E-state index in [-0.39, 0.29) is 36.9 Å². The minimum absolute atomic E-state index is 0.0149. The van der Waals surface area contributed by atoms with Gasteiger partial charge >= 0.3 is 12.2 Å². The summed E-state index contributed by atoms with van der Waals surface area (Å²) in [4.78, 5) is 70.4. The van der Waals surface area contributed by atoms with E-state index in [1.165, 1.54) is 0 Å². The number of aliphatic imine (C=N–C) groups is 2. The largest absolute Gasteiger partial charge is 0.465 e. The molecule has 4 amide bonds. The predicted octanol–water partition coefficient (Wildman–Crippen LogP) is 3.62. The molecule has 0 aromatic heterocycles. The summed E-state index contributed by atoms with van der Waals surface area (Å²) < 4.78 is 11.6. The highest BCUT2D eigenvalue weighted by atomic mass is 16.5.